The van der Waals surface area contributed by atoms with Gasteiger partial charge < -0.3 is 4.74 Å². The maximum atomic E-state index is 5.66. The lowest BCUT2D eigenvalue weighted by Gasteiger charge is -2.05. The molecule has 18 heavy (non-hydrogen) atoms. The van der Waals surface area contributed by atoms with Crippen molar-refractivity contribution in [2.24, 2.45) is 5.92 Å². The SMILES string of the molecule is CC(C)CCCCCCCOCc1ccccc1. The van der Waals surface area contributed by atoms with Gasteiger partial charge in [-0.15, -0.1) is 0 Å². The van der Waals surface area contributed by atoms with E-state index in [1.54, 1.807) is 0 Å². The van der Waals surface area contributed by atoms with Gasteiger partial charge in [-0.1, -0.05) is 76.3 Å². The van der Waals surface area contributed by atoms with E-state index in [-0.39, 0.29) is 0 Å². The molecule has 0 amide bonds. The predicted octanol–water partition coefficient (Wildman–Crippen LogP) is 5.20. The highest BCUT2D eigenvalue weighted by Crippen LogP contribution is 2.10. The lowest BCUT2D eigenvalue weighted by molar-refractivity contribution is 0.116. The molecule has 0 bridgehead atoms. The molecule has 0 N–H and O–H groups in total. The molecular formula is C17H28O. The van der Waals surface area contributed by atoms with Gasteiger partial charge in [0, 0.05) is 6.61 Å². The average molecular weight is 248 g/mol. The number of ether oxygens (including phenoxy) is 1. The molecule has 0 fully saturated rings. The van der Waals surface area contributed by atoms with Crippen LogP contribution in [0.25, 0.3) is 0 Å². The second-order valence-electron chi connectivity index (χ2n) is 5.49. The molecule has 0 unspecified atom stereocenters. The van der Waals surface area contributed by atoms with Gasteiger partial charge in [0.25, 0.3) is 0 Å². The van der Waals surface area contributed by atoms with Gasteiger partial charge in [0.1, 0.15) is 0 Å². The van der Waals surface area contributed by atoms with Crippen LogP contribution in [0.4, 0.5) is 0 Å². The van der Waals surface area contributed by atoms with E-state index in [1.807, 2.05) is 6.07 Å². The first-order valence-electron chi connectivity index (χ1n) is 7.40. The van der Waals surface area contributed by atoms with Crippen LogP contribution in [0.3, 0.4) is 0 Å². The van der Waals surface area contributed by atoms with E-state index in [9.17, 15) is 0 Å². The van der Waals surface area contributed by atoms with Crippen molar-refractivity contribution >= 4 is 0 Å². The van der Waals surface area contributed by atoms with E-state index in [1.165, 1.54) is 44.1 Å². The Morgan fingerprint density at radius 3 is 2.28 bits per heavy atom. The van der Waals surface area contributed by atoms with Crippen molar-refractivity contribution in [1.82, 2.24) is 0 Å². The zero-order chi connectivity index (χ0) is 13.1. The zero-order valence-corrected chi connectivity index (χ0v) is 12.0. The van der Waals surface area contributed by atoms with Crippen LogP contribution in [-0.2, 0) is 11.3 Å². The smallest absolute Gasteiger partial charge is 0.0716 e. The molecular weight excluding hydrogens is 220 g/mol. The third-order valence-corrected chi connectivity index (χ3v) is 3.18. The van der Waals surface area contributed by atoms with Crippen molar-refractivity contribution in [1.29, 1.82) is 0 Å². The number of rotatable bonds is 10. The quantitative estimate of drug-likeness (QED) is 0.517. The number of hydrogen-bond acceptors (Lipinski definition) is 1. The molecule has 0 radical (unpaired) electrons. The Bertz CT molecular complexity index is 279. The van der Waals surface area contributed by atoms with Crippen molar-refractivity contribution in [2.75, 3.05) is 6.61 Å². The molecule has 0 aliphatic heterocycles. The fourth-order valence-electron chi connectivity index (χ4n) is 2.05. The highest BCUT2D eigenvalue weighted by Gasteiger charge is 1.95. The molecule has 1 nitrogen and oxygen atoms in total. The first-order valence-corrected chi connectivity index (χ1v) is 7.40. The van der Waals surface area contributed by atoms with Gasteiger partial charge in [0.2, 0.25) is 0 Å². The summed E-state index contributed by atoms with van der Waals surface area (Å²) >= 11 is 0. The first kappa shape index (κ1) is 15.2. The van der Waals surface area contributed by atoms with Crippen molar-refractivity contribution in [2.45, 2.75) is 59.0 Å². The van der Waals surface area contributed by atoms with Crippen LogP contribution in [0.5, 0.6) is 0 Å². The molecule has 0 aromatic heterocycles. The highest BCUT2D eigenvalue weighted by molar-refractivity contribution is 5.13. The van der Waals surface area contributed by atoms with E-state index in [2.05, 4.69) is 38.1 Å². The molecule has 0 saturated heterocycles. The molecule has 0 aliphatic rings. The molecule has 0 heterocycles. The molecule has 1 heteroatoms. The summed E-state index contributed by atoms with van der Waals surface area (Å²) in [7, 11) is 0. The Morgan fingerprint density at radius 1 is 0.889 bits per heavy atom. The van der Waals surface area contributed by atoms with E-state index >= 15 is 0 Å². The maximum absolute atomic E-state index is 5.66. The highest BCUT2D eigenvalue weighted by atomic mass is 16.5. The Labute approximate surface area is 113 Å². The standard InChI is InChI=1S/C17H28O/c1-16(2)11-7-4-3-5-10-14-18-15-17-12-8-6-9-13-17/h6,8-9,12-13,16H,3-5,7,10-11,14-15H2,1-2H3. The van der Waals surface area contributed by atoms with Gasteiger partial charge in [0.05, 0.1) is 6.61 Å². The molecule has 1 aromatic carbocycles. The third-order valence-electron chi connectivity index (χ3n) is 3.18. The predicted molar refractivity (Wildman–Crippen MR) is 78.6 cm³/mol. The van der Waals surface area contributed by atoms with Gasteiger partial charge in [-0.25, -0.2) is 0 Å². The summed E-state index contributed by atoms with van der Waals surface area (Å²) in [5.41, 5.74) is 1.27. The maximum Gasteiger partial charge on any atom is 0.0716 e. The van der Waals surface area contributed by atoms with Crippen molar-refractivity contribution in [3.05, 3.63) is 35.9 Å². The van der Waals surface area contributed by atoms with Gasteiger partial charge in [-0.2, -0.15) is 0 Å². The second kappa shape index (κ2) is 10.1. The zero-order valence-electron chi connectivity index (χ0n) is 12.0. The minimum absolute atomic E-state index is 0.758. The van der Waals surface area contributed by atoms with Crippen molar-refractivity contribution < 1.29 is 4.74 Å². The van der Waals surface area contributed by atoms with E-state index in [4.69, 9.17) is 4.74 Å². The summed E-state index contributed by atoms with van der Waals surface area (Å²) in [6.45, 7) is 6.27. The fraction of sp³-hybridized carbons (Fsp3) is 0.647. The summed E-state index contributed by atoms with van der Waals surface area (Å²) in [4.78, 5) is 0. The Kier molecular flexibility index (Phi) is 8.58. The van der Waals surface area contributed by atoms with E-state index in [0.29, 0.717) is 0 Å². The molecule has 0 saturated carbocycles. The molecule has 1 aromatic rings. The Balaban J connectivity index is 1.84. The second-order valence-corrected chi connectivity index (χ2v) is 5.49. The van der Waals surface area contributed by atoms with E-state index < -0.39 is 0 Å². The normalized spacial score (nSPS) is 11.1. The summed E-state index contributed by atoms with van der Waals surface area (Å²) in [5, 5.41) is 0. The molecule has 0 spiro atoms. The van der Waals surface area contributed by atoms with Gasteiger partial charge in [0.15, 0.2) is 0 Å². The van der Waals surface area contributed by atoms with Crippen LogP contribution in [-0.4, -0.2) is 6.61 Å². The third kappa shape index (κ3) is 8.30. The lowest BCUT2D eigenvalue weighted by Crippen LogP contribution is -1.95. The largest absolute Gasteiger partial charge is 0.377 e. The summed E-state index contributed by atoms with van der Waals surface area (Å²) in [6.07, 6.45) is 8.03. The summed E-state index contributed by atoms with van der Waals surface area (Å²) in [5.74, 6) is 0.860. The molecule has 102 valence electrons. The number of benzene rings is 1. The van der Waals surface area contributed by atoms with E-state index in [0.717, 1.165) is 19.1 Å². The van der Waals surface area contributed by atoms with Gasteiger partial charge in [-0.05, 0) is 17.9 Å². The van der Waals surface area contributed by atoms with Crippen molar-refractivity contribution in [3.63, 3.8) is 0 Å². The molecule has 1 rings (SSSR count). The fourth-order valence-corrected chi connectivity index (χ4v) is 2.05. The van der Waals surface area contributed by atoms with Crippen LogP contribution in [0.2, 0.25) is 0 Å². The summed E-state index contributed by atoms with van der Waals surface area (Å²) < 4.78 is 5.66. The first-order chi connectivity index (χ1) is 8.79. The van der Waals surface area contributed by atoms with Crippen LogP contribution >= 0.6 is 0 Å². The monoisotopic (exact) mass is 248 g/mol. The number of unbranched alkanes of at least 4 members (excludes halogenated alkanes) is 4. The molecule has 0 atom stereocenters. The lowest BCUT2D eigenvalue weighted by atomic mass is 10.0. The van der Waals surface area contributed by atoms with Gasteiger partial charge in [-0.3, -0.25) is 0 Å². The van der Waals surface area contributed by atoms with Crippen LogP contribution in [0.15, 0.2) is 30.3 Å². The average Bonchev–Trinajstić information content (AvgIpc) is 2.37. The Hall–Kier alpha value is -0.820. The van der Waals surface area contributed by atoms with Crippen LogP contribution < -0.4 is 0 Å². The minimum atomic E-state index is 0.758. The molecule has 0 aliphatic carbocycles. The van der Waals surface area contributed by atoms with Crippen LogP contribution in [0, 0.1) is 5.92 Å². The topological polar surface area (TPSA) is 9.23 Å². The van der Waals surface area contributed by atoms with Crippen molar-refractivity contribution in [3.8, 4) is 0 Å². The van der Waals surface area contributed by atoms with Gasteiger partial charge >= 0.3 is 0 Å². The van der Waals surface area contributed by atoms with Crippen LogP contribution in [0.1, 0.15) is 57.9 Å². The number of hydrogen-bond donors (Lipinski definition) is 0. The Morgan fingerprint density at radius 2 is 1.56 bits per heavy atom. The summed E-state index contributed by atoms with van der Waals surface area (Å²) in [6, 6.07) is 10.4. The minimum Gasteiger partial charge on any atom is -0.377 e.